The average molecular weight is 162 g/mol. The zero-order chi connectivity index (χ0) is 8.74. The van der Waals surface area contributed by atoms with E-state index in [9.17, 15) is 0 Å². The van der Waals surface area contributed by atoms with Crippen LogP contribution in [0.15, 0.2) is 0 Å². The van der Waals surface area contributed by atoms with Gasteiger partial charge in [-0.1, -0.05) is 13.3 Å². The maximum absolute atomic E-state index is 8.95. The average Bonchev–Trinajstić information content (AvgIpc) is 2.08. The third-order valence-electron chi connectivity index (χ3n) is 1.90. The van der Waals surface area contributed by atoms with Crippen LogP contribution in [0.5, 0.6) is 0 Å². The van der Waals surface area contributed by atoms with Crippen LogP contribution in [-0.4, -0.2) is 31.7 Å². The van der Waals surface area contributed by atoms with Gasteiger partial charge >= 0.3 is 0 Å². The first-order valence-electron chi connectivity index (χ1n) is 3.96. The number of aliphatic hydroxyl groups is 1. The van der Waals surface area contributed by atoms with Crippen LogP contribution in [0.4, 0.5) is 0 Å². The quantitative estimate of drug-likeness (QED) is 0.595. The van der Waals surface area contributed by atoms with Crippen LogP contribution >= 0.6 is 0 Å². The van der Waals surface area contributed by atoms with E-state index in [-0.39, 0.29) is 6.61 Å². The van der Waals surface area contributed by atoms with Gasteiger partial charge in [0.15, 0.2) is 5.79 Å². The number of aliphatic hydroxyl groups excluding tert-OH is 1. The smallest absolute Gasteiger partial charge is 0.190 e. The van der Waals surface area contributed by atoms with E-state index in [1.807, 2.05) is 0 Å². The van der Waals surface area contributed by atoms with E-state index in [1.54, 1.807) is 14.2 Å². The second-order valence-corrected chi connectivity index (χ2v) is 2.58. The zero-order valence-corrected chi connectivity index (χ0v) is 7.59. The lowest BCUT2D eigenvalue weighted by Crippen LogP contribution is -2.37. The van der Waals surface area contributed by atoms with Crippen molar-refractivity contribution < 1.29 is 14.6 Å². The Morgan fingerprint density at radius 2 is 1.82 bits per heavy atom. The first kappa shape index (κ1) is 10.9. The molecule has 0 heterocycles. The summed E-state index contributed by atoms with van der Waals surface area (Å²) in [5.74, 6) is -0.768. The van der Waals surface area contributed by atoms with Gasteiger partial charge in [0, 0.05) is 20.6 Å². The molecule has 0 saturated carbocycles. The van der Waals surface area contributed by atoms with E-state index < -0.39 is 5.79 Å². The molecule has 0 aromatic rings. The Bertz CT molecular complexity index is 81.1. The molecule has 3 heteroatoms. The molecule has 1 N–H and O–H groups in total. The topological polar surface area (TPSA) is 38.7 Å². The fourth-order valence-corrected chi connectivity index (χ4v) is 0.942. The fourth-order valence-electron chi connectivity index (χ4n) is 0.942. The summed E-state index contributed by atoms with van der Waals surface area (Å²) in [5.41, 5.74) is 0. The van der Waals surface area contributed by atoms with Gasteiger partial charge in [-0.15, -0.1) is 0 Å². The highest BCUT2D eigenvalue weighted by Gasteiger charge is 2.27. The summed E-state index contributed by atoms with van der Waals surface area (Å²) in [5, 5.41) is 8.95. The van der Waals surface area contributed by atoms with E-state index in [2.05, 4.69) is 6.92 Å². The van der Waals surface area contributed by atoms with Gasteiger partial charge in [0.1, 0.15) is 0 Å². The largest absolute Gasteiger partial charge is 0.391 e. The molecule has 0 bridgehead atoms. The summed E-state index contributed by atoms with van der Waals surface area (Å²) in [4.78, 5) is 0. The predicted molar refractivity (Wildman–Crippen MR) is 43.4 cm³/mol. The Balaban J connectivity index is 3.84. The molecular weight excluding hydrogens is 144 g/mol. The minimum absolute atomic E-state index is 0.0833. The molecule has 0 saturated heterocycles. The summed E-state index contributed by atoms with van der Waals surface area (Å²) in [6.45, 7) is 2.01. The van der Waals surface area contributed by atoms with Gasteiger partial charge in [0.2, 0.25) is 0 Å². The molecule has 0 amide bonds. The van der Waals surface area contributed by atoms with E-state index in [1.165, 1.54) is 0 Å². The van der Waals surface area contributed by atoms with Crippen LogP contribution in [0, 0.1) is 0 Å². The van der Waals surface area contributed by atoms with Crippen molar-refractivity contribution in [2.75, 3.05) is 20.8 Å². The Morgan fingerprint density at radius 3 is 2.09 bits per heavy atom. The Kier molecular flexibility index (Phi) is 5.46. The molecule has 68 valence electrons. The summed E-state index contributed by atoms with van der Waals surface area (Å²) in [7, 11) is 3.10. The second kappa shape index (κ2) is 5.52. The molecular formula is C8H18O3. The van der Waals surface area contributed by atoms with Crippen molar-refractivity contribution in [1.82, 2.24) is 0 Å². The monoisotopic (exact) mass is 162 g/mol. The van der Waals surface area contributed by atoms with E-state index >= 15 is 0 Å². The van der Waals surface area contributed by atoms with Crippen LogP contribution in [0.25, 0.3) is 0 Å². The van der Waals surface area contributed by atoms with Gasteiger partial charge in [-0.05, 0) is 6.42 Å². The van der Waals surface area contributed by atoms with Gasteiger partial charge in [-0.2, -0.15) is 0 Å². The minimum atomic E-state index is -0.768. The Morgan fingerprint density at radius 1 is 1.27 bits per heavy atom. The summed E-state index contributed by atoms with van der Waals surface area (Å²) >= 11 is 0. The molecule has 0 aromatic heterocycles. The number of hydrogen-bond donors (Lipinski definition) is 1. The van der Waals surface area contributed by atoms with Crippen molar-refractivity contribution in [2.45, 2.75) is 32.0 Å². The molecule has 11 heavy (non-hydrogen) atoms. The van der Waals surface area contributed by atoms with Gasteiger partial charge in [-0.25, -0.2) is 0 Å². The van der Waals surface area contributed by atoms with Crippen LogP contribution < -0.4 is 0 Å². The predicted octanol–water partition coefficient (Wildman–Crippen LogP) is 1.16. The third-order valence-corrected chi connectivity index (χ3v) is 1.90. The van der Waals surface area contributed by atoms with Crippen molar-refractivity contribution in [2.24, 2.45) is 0 Å². The van der Waals surface area contributed by atoms with Crippen molar-refractivity contribution in [3.8, 4) is 0 Å². The molecule has 0 aliphatic heterocycles. The van der Waals surface area contributed by atoms with Crippen molar-refractivity contribution >= 4 is 0 Å². The molecule has 0 aliphatic rings. The molecule has 0 aromatic carbocycles. The highest BCUT2D eigenvalue weighted by Crippen LogP contribution is 2.18. The van der Waals surface area contributed by atoms with Crippen LogP contribution in [0.1, 0.15) is 26.2 Å². The SMILES string of the molecule is CCCCC(CO)(OC)OC. The fraction of sp³-hybridized carbons (Fsp3) is 1.00. The van der Waals surface area contributed by atoms with Gasteiger partial charge < -0.3 is 14.6 Å². The Labute approximate surface area is 68.3 Å². The van der Waals surface area contributed by atoms with Crippen LogP contribution in [0.3, 0.4) is 0 Å². The molecule has 0 fully saturated rings. The molecule has 0 unspecified atom stereocenters. The second-order valence-electron chi connectivity index (χ2n) is 2.58. The molecule has 0 rings (SSSR count). The van der Waals surface area contributed by atoms with Gasteiger partial charge in [0.25, 0.3) is 0 Å². The number of unbranched alkanes of at least 4 members (excludes halogenated alkanes) is 1. The Hall–Kier alpha value is -0.120. The van der Waals surface area contributed by atoms with Crippen LogP contribution in [-0.2, 0) is 9.47 Å². The van der Waals surface area contributed by atoms with Crippen molar-refractivity contribution in [1.29, 1.82) is 0 Å². The van der Waals surface area contributed by atoms with Gasteiger partial charge in [0.05, 0.1) is 6.61 Å². The lowest BCUT2D eigenvalue weighted by Gasteiger charge is -2.28. The summed E-state index contributed by atoms with van der Waals surface area (Å²) in [6.07, 6.45) is 2.82. The van der Waals surface area contributed by atoms with Crippen molar-refractivity contribution in [3.05, 3.63) is 0 Å². The lowest BCUT2D eigenvalue weighted by atomic mass is 10.1. The third kappa shape index (κ3) is 3.18. The van der Waals surface area contributed by atoms with Crippen LogP contribution in [0.2, 0.25) is 0 Å². The van der Waals surface area contributed by atoms with E-state index in [0.29, 0.717) is 0 Å². The van der Waals surface area contributed by atoms with E-state index in [4.69, 9.17) is 14.6 Å². The molecule has 3 nitrogen and oxygen atoms in total. The maximum atomic E-state index is 8.95. The number of hydrogen-bond acceptors (Lipinski definition) is 3. The lowest BCUT2D eigenvalue weighted by molar-refractivity contribution is -0.231. The highest BCUT2D eigenvalue weighted by atomic mass is 16.7. The summed E-state index contributed by atoms with van der Waals surface area (Å²) in [6, 6.07) is 0. The molecule has 0 aliphatic carbocycles. The van der Waals surface area contributed by atoms with E-state index in [0.717, 1.165) is 19.3 Å². The van der Waals surface area contributed by atoms with Crippen molar-refractivity contribution in [3.63, 3.8) is 0 Å². The first-order valence-corrected chi connectivity index (χ1v) is 3.96. The zero-order valence-electron chi connectivity index (χ0n) is 7.59. The maximum Gasteiger partial charge on any atom is 0.190 e. The standard InChI is InChI=1S/C8H18O3/c1-4-5-6-8(7-9,10-2)11-3/h9H,4-7H2,1-3H3. The van der Waals surface area contributed by atoms with Gasteiger partial charge in [-0.3, -0.25) is 0 Å². The number of rotatable bonds is 6. The molecule has 0 spiro atoms. The highest BCUT2D eigenvalue weighted by molar-refractivity contribution is 4.66. The number of ether oxygens (including phenoxy) is 2. The number of methoxy groups -OCH3 is 2. The minimum Gasteiger partial charge on any atom is -0.391 e. The molecule has 0 atom stereocenters. The summed E-state index contributed by atoms with van der Waals surface area (Å²) < 4.78 is 10.1. The first-order chi connectivity index (χ1) is 5.24. The normalized spacial score (nSPS) is 12.0. The molecule has 0 radical (unpaired) electrons.